The summed E-state index contributed by atoms with van der Waals surface area (Å²) < 4.78 is 2.82. The number of aromatic nitrogens is 3. The van der Waals surface area contributed by atoms with E-state index in [1.165, 1.54) is 0 Å². The topological polar surface area (TPSA) is 115 Å². The van der Waals surface area contributed by atoms with Gasteiger partial charge in [-0.15, -0.1) is 0 Å². The van der Waals surface area contributed by atoms with Crippen LogP contribution in [0.3, 0.4) is 0 Å². The Kier molecular flexibility index (Phi) is 4.79. The second-order valence-electron chi connectivity index (χ2n) is 4.72. The fourth-order valence-electron chi connectivity index (χ4n) is 1.94. The van der Waals surface area contributed by atoms with Gasteiger partial charge in [-0.1, -0.05) is 18.2 Å². The summed E-state index contributed by atoms with van der Waals surface area (Å²) in [6.07, 6.45) is 0. The van der Waals surface area contributed by atoms with Gasteiger partial charge in [0.25, 0.3) is 0 Å². The Morgan fingerprint density at radius 3 is 2.21 bits per heavy atom. The molecule has 0 saturated carbocycles. The van der Waals surface area contributed by atoms with Crippen LogP contribution in [-0.4, -0.2) is 25.2 Å². The molecule has 3 aromatic rings. The van der Waals surface area contributed by atoms with Crippen molar-refractivity contribution in [1.82, 2.24) is 15.0 Å². The van der Waals surface area contributed by atoms with Crippen molar-refractivity contribution in [2.24, 2.45) is 0 Å². The molecule has 1 aromatic heterocycles. The fraction of sp³-hybridized carbons (Fsp3) is 0. The number of nitrogens with one attached hydrogen (secondary N) is 3. The van der Waals surface area contributed by atoms with Gasteiger partial charge in [-0.3, -0.25) is 3.53 Å². The van der Waals surface area contributed by atoms with Crippen LogP contribution >= 0.6 is 22.9 Å². The molecule has 0 amide bonds. The fourth-order valence-corrected chi connectivity index (χ4v) is 2.18. The lowest BCUT2D eigenvalue weighted by atomic mass is 10.3. The number of anilines is 5. The van der Waals surface area contributed by atoms with Gasteiger partial charge in [-0.2, -0.15) is 15.0 Å². The molecule has 0 bridgehead atoms. The van der Waals surface area contributed by atoms with E-state index in [1.807, 2.05) is 22.9 Å². The molecule has 3 rings (SSSR count). The summed E-state index contributed by atoms with van der Waals surface area (Å²) in [5.41, 5.74) is 1.11. The Morgan fingerprint density at radius 1 is 0.792 bits per heavy atom. The number of hydrogen-bond acceptors (Lipinski definition) is 8. The normalized spacial score (nSPS) is 10.2. The molecule has 24 heavy (non-hydrogen) atoms. The van der Waals surface area contributed by atoms with Gasteiger partial charge in [0.15, 0.2) is 0 Å². The lowest BCUT2D eigenvalue weighted by Gasteiger charge is -2.10. The van der Waals surface area contributed by atoms with Crippen LogP contribution in [0.25, 0.3) is 0 Å². The number of para-hydroxylation sites is 2. The molecule has 8 nitrogen and oxygen atoms in total. The van der Waals surface area contributed by atoms with E-state index in [-0.39, 0.29) is 23.4 Å². The summed E-state index contributed by atoms with van der Waals surface area (Å²) in [5.74, 6) is 1.10. The van der Waals surface area contributed by atoms with Crippen molar-refractivity contribution >= 4 is 52.1 Å². The van der Waals surface area contributed by atoms with Gasteiger partial charge in [0.1, 0.15) is 11.5 Å². The monoisotopic (exact) mass is 436 g/mol. The second kappa shape index (κ2) is 7.17. The van der Waals surface area contributed by atoms with Crippen LogP contribution in [0.2, 0.25) is 0 Å². The average molecular weight is 436 g/mol. The first kappa shape index (κ1) is 16.1. The highest BCUT2D eigenvalue weighted by Gasteiger charge is 2.09. The standard InChI is InChI=1S/C15H13IN6O2/c16-22-15-20-13(17-9-4-3-5-10(23)8-9)19-14(21-15)18-11-6-1-2-7-12(11)24/h1-8,23-24H,(H3,17,18,19,20,21,22). The van der Waals surface area contributed by atoms with Gasteiger partial charge in [0.2, 0.25) is 17.8 Å². The van der Waals surface area contributed by atoms with Gasteiger partial charge in [-0.05, 0) is 24.3 Å². The highest BCUT2D eigenvalue weighted by molar-refractivity contribution is 14.1. The summed E-state index contributed by atoms with van der Waals surface area (Å²) in [6.45, 7) is 0. The maximum absolute atomic E-state index is 9.84. The number of benzene rings is 2. The van der Waals surface area contributed by atoms with E-state index >= 15 is 0 Å². The number of aromatic hydroxyl groups is 2. The van der Waals surface area contributed by atoms with E-state index in [0.29, 0.717) is 17.3 Å². The Morgan fingerprint density at radius 2 is 1.50 bits per heavy atom. The van der Waals surface area contributed by atoms with Crippen LogP contribution in [0.1, 0.15) is 0 Å². The molecule has 5 N–H and O–H groups in total. The number of halogens is 1. The lowest BCUT2D eigenvalue weighted by Crippen LogP contribution is -2.05. The van der Waals surface area contributed by atoms with Crippen molar-refractivity contribution in [3.8, 4) is 11.5 Å². The molecule has 0 aliphatic rings. The Hall–Kier alpha value is -2.82. The molecule has 0 atom stereocenters. The van der Waals surface area contributed by atoms with Crippen LogP contribution in [0.5, 0.6) is 11.5 Å². The van der Waals surface area contributed by atoms with Crippen LogP contribution in [0.15, 0.2) is 48.5 Å². The van der Waals surface area contributed by atoms with Crippen molar-refractivity contribution < 1.29 is 10.2 Å². The van der Waals surface area contributed by atoms with E-state index in [2.05, 4.69) is 29.1 Å². The number of rotatable bonds is 5. The van der Waals surface area contributed by atoms with Crippen molar-refractivity contribution in [2.45, 2.75) is 0 Å². The first-order valence-electron chi connectivity index (χ1n) is 6.88. The van der Waals surface area contributed by atoms with E-state index in [0.717, 1.165) is 0 Å². The molecule has 0 aliphatic heterocycles. The van der Waals surface area contributed by atoms with E-state index in [1.54, 1.807) is 48.5 Å². The summed E-state index contributed by atoms with van der Waals surface area (Å²) in [4.78, 5) is 12.7. The summed E-state index contributed by atoms with van der Waals surface area (Å²) in [7, 11) is 0. The molecule has 0 radical (unpaired) electrons. The molecule has 9 heteroatoms. The molecule has 1 heterocycles. The predicted molar refractivity (Wildman–Crippen MR) is 100 cm³/mol. The second-order valence-corrected chi connectivity index (χ2v) is 5.26. The predicted octanol–water partition coefficient (Wildman–Crippen LogP) is 3.53. The molecule has 2 aromatic carbocycles. The third-order valence-corrected chi connectivity index (χ3v) is 3.46. The quantitative estimate of drug-likeness (QED) is 0.235. The van der Waals surface area contributed by atoms with E-state index in [4.69, 9.17) is 0 Å². The van der Waals surface area contributed by atoms with Gasteiger partial charge < -0.3 is 20.8 Å². The van der Waals surface area contributed by atoms with Crippen LogP contribution in [0.4, 0.5) is 29.2 Å². The smallest absolute Gasteiger partial charge is 0.238 e. The lowest BCUT2D eigenvalue weighted by molar-refractivity contribution is 0.475. The van der Waals surface area contributed by atoms with Crippen LogP contribution < -0.4 is 14.2 Å². The van der Waals surface area contributed by atoms with Gasteiger partial charge >= 0.3 is 0 Å². The summed E-state index contributed by atoms with van der Waals surface area (Å²) in [6, 6.07) is 13.4. The van der Waals surface area contributed by atoms with Crippen molar-refractivity contribution in [3.05, 3.63) is 48.5 Å². The highest BCUT2D eigenvalue weighted by atomic mass is 127. The molecule has 0 saturated heterocycles. The molecule has 122 valence electrons. The first-order chi connectivity index (χ1) is 11.6. The summed E-state index contributed by atoms with van der Waals surface area (Å²) >= 11 is 1.91. The summed E-state index contributed by atoms with van der Waals surface area (Å²) in [5, 5.41) is 25.3. The molecular weight excluding hydrogens is 423 g/mol. The molecular formula is C15H13IN6O2. The van der Waals surface area contributed by atoms with Crippen molar-refractivity contribution in [2.75, 3.05) is 14.2 Å². The maximum atomic E-state index is 9.84. The minimum Gasteiger partial charge on any atom is -0.508 e. The van der Waals surface area contributed by atoms with Gasteiger partial charge in [0.05, 0.1) is 28.6 Å². The number of phenolic OH excluding ortho intramolecular Hbond substituents is 2. The van der Waals surface area contributed by atoms with Crippen LogP contribution in [-0.2, 0) is 0 Å². The van der Waals surface area contributed by atoms with E-state index in [9.17, 15) is 10.2 Å². The third-order valence-electron chi connectivity index (χ3n) is 2.97. The average Bonchev–Trinajstić information content (AvgIpc) is 2.57. The number of hydrogen-bond donors (Lipinski definition) is 5. The highest BCUT2D eigenvalue weighted by Crippen LogP contribution is 2.26. The first-order valence-corrected chi connectivity index (χ1v) is 7.96. The Labute approximate surface area is 151 Å². The van der Waals surface area contributed by atoms with E-state index < -0.39 is 0 Å². The molecule has 0 aliphatic carbocycles. The third kappa shape index (κ3) is 3.93. The van der Waals surface area contributed by atoms with Gasteiger partial charge in [0, 0.05) is 11.8 Å². The molecule has 0 spiro atoms. The zero-order valence-corrected chi connectivity index (χ0v) is 14.4. The Balaban J connectivity index is 1.89. The van der Waals surface area contributed by atoms with Crippen molar-refractivity contribution in [3.63, 3.8) is 0 Å². The zero-order chi connectivity index (χ0) is 16.9. The van der Waals surface area contributed by atoms with Crippen molar-refractivity contribution in [1.29, 1.82) is 0 Å². The largest absolute Gasteiger partial charge is 0.508 e. The minimum atomic E-state index is 0.0874. The maximum Gasteiger partial charge on any atom is 0.238 e. The SMILES string of the molecule is Oc1cccc(Nc2nc(NI)nc(Nc3ccccc3O)n2)c1. The number of nitrogens with zero attached hydrogens (tertiary/aromatic N) is 3. The molecule has 0 fully saturated rings. The van der Waals surface area contributed by atoms with Crippen LogP contribution in [0, 0.1) is 0 Å². The number of phenols is 2. The van der Waals surface area contributed by atoms with Gasteiger partial charge in [-0.25, -0.2) is 0 Å². The Bertz CT molecular complexity index is 861. The molecule has 0 unspecified atom stereocenters. The zero-order valence-electron chi connectivity index (χ0n) is 12.2. The minimum absolute atomic E-state index is 0.0874.